The molecule has 0 radical (unpaired) electrons. The van der Waals surface area contributed by atoms with Gasteiger partial charge in [-0.1, -0.05) is 59.0 Å². The molecule has 1 aromatic heterocycles. The fourth-order valence-corrected chi connectivity index (χ4v) is 4.47. The highest BCUT2D eigenvalue weighted by Crippen LogP contribution is 2.28. The van der Waals surface area contributed by atoms with E-state index in [0.717, 1.165) is 20.1 Å². The van der Waals surface area contributed by atoms with Gasteiger partial charge in [0.15, 0.2) is 0 Å². The summed E-state index contributed by atoms with van der Waals surface area (Å²) < 4.78 is 8.83. The van der Waals surface area contributed by atoms with E-state index < -0.39 is 0 Å². The van der Waals surface area contributed by atoms with Crippen LogP contribution in [0.15, 0.2) is 73.4 Å². The first-order chi connectivity index (χ1) is 16.2. The van der Waals surface area contributed by atoms with Crippen molar-refractivity contribution in [2.24, 2.45) is 5.10 Å². The summed E-state index contributed by atoms with van der Waals surface area (Å²) in [6.07, 6.45) is 1.63. The topological polar surface area (TPSA) is 56.5 Å². The van der Waals surface area contributed by atoms with Crippen LogP contribution in [-0.4, -0.2) is 15.9 Å². The van der Waals surface area contributed by atoms with Crippen molar-refractivity contribution in [1.82, 2.24) is 9.66 Å². The second-order valence-electron chi connectivity index (χ2n) is 7.87. The van der Waals surface area contributed by atoms with Crippen LogP contribution in [0.25, 0.3) is 10.9 Å². The van der Waals surface area contributed by atoms with Gasteiger partial charge in [0.1, 0.15) is 18.2 Å². The van der Waals surface area contributed by atoms with Crippen molar-refractivity contribution in [3.63, 3.8) is 0 Å². The maximum atomic E-state index is 13.2. The molecular weight excluding hydrogens is 605 g/mol. The van der Waals surface area contributed by atoms with E-state index in [1.54, 1.807) is 24.4 Å². The van der Waals surface area contributed by atoms with Crippen LogP contribution in [0.4, 0.5) is 0 Å². The standard InChI is InChI=1S/C25H19Br2Cl2N3O2/c1-14(2)24-31-22-7-5-17(26)11-18(22)25(33)32(24)30-12-15-4-8-23(19(27)9-15)34-13-16-3-6-20(28)21(29)10-16/h3-12,14H,13H2,1-2H3. The molecule has 4 aromatic rings. The molecule has 3 aromatic carbocycles. The molecule has 0 aliphatic heterocycles. The molecule has 0 atom stereocenters. The third-order valence-corrected chi connectivity index (χ3v) is 6.86. The minimum Gasteiger partial charge on any atom is -0.488 e. The Bertz CT molecular complexity index is 1470. The molecule has 0 aliphatic carbocycles. The molecule has 0 saturated heterocycles. The molecule has 1 heterocycles. The van der Waals surface area contributed by atoms with E-state index in [0.29, 0.717) is 39.1 Å². The summed E-state index contributed by atoms with van der Waals surface area (Å²) in [7, 11) is 0. The van der Waals surface area contributed by atoms with E-state index in [-0.39, 0.29) is 11.5 Å². The summed E-state index contributed by atoms with van der Waals surface area (Å²) in [5, 5.41) is 5.96. The zero-order valence-corrected chi connectivity index (χ0v) is 22.9. The summed E-state index contributed by atoms with van der Waals surface area (Å²) in [5.74, 6) is 1.28. The summed E-state index contributed by atoms with van der Waals surface area (Å²) in [6.45, 7) is 4.30. The van der Waals surface area contributed by atoms with Crippen molar-refractivity contribution >= 4 is 72.2 Å². The molecule has 0 fully saturated rings. The molecule has 174 valence electrons. The SMILES string of the molecule is CC(C)c1nc2ccc(Br)cc2c(=O)n1N=Cc1ccc(OCc2ccc(Cl)c(Cl)c2)c(Br)c1. The lowest BCUT2D eigenvalue weighted by Crippen LogP contribution is -2.23. The average molecular weight is 624 g/mol. The van der Waals surface area contributed by atoms with Crippen LogP contribution >= 0.6 is 55.1 Å². The summed E-state index contributed by atoms with van der Waals surface area (Å²) >= 11 is 19.0. The van der Waals surface area contributed by atoms with Crippen LogP contribution < -0.4 is 10.3 Å². The predicted molar refractivity (Wildman–Crippen MR) is 146 cm³/mol. The Morgan fingerprint density at radius 3 is 2.56 bits per heavy atom. The van der Waals surface area contributed by atoms with Gasteiger partial charge in [-0.3, -0.25) is 4.79 Å². The van der Waals surface area contributed by atoms with Crippen molar-refractivity contribution in [2.75, 3.05) is 0 Å². The number of rotatable bonds is 6. The first kappa shape index (κ1) is 24.9. The van der Waals surface area contributed by atoms with E-state index >= 15 is 0 Å². The second kappa shape index (κ2) is 10.6. The molecule has 0 amide bonds. The number of fused-ring (bicyclic) bond motifs is 1. The van der Waals surface area contributed by atoms with Crippen LogP contribution in [-0.2, 0) is 6.61 Å². The van der Waals surface area contributed by atoms with E-state index in [1.807, 2.05) is 50.2 Å². The zero-order valence-electron chi connectivity index (χ0n) is 18.2. The number of hydrogen-bond acceptors (Lipinski definition) is 4. The normalized spacial score (nSPS) is 11.6. The van der Waals surface area contributed by atoms with Gasteiger partial charge in [-0.2, -0.15) is 9.78 Å². The van der Waals surface area contributed by atoms with Gasteiger partial charge in [0.2, 0.25) is 0 Å². The summed E-state index contributed by atoms with van der Waals surface area (Å²) in [4.78, 5) is 17.8. The number of ether oxygens (including phenoxy) is 1. The van der Waals surface area contributed by atoms with E-state index in [2.05, 4.69) is 41.9 Å². The van der Waals surface area contributed by atoms with Crippen LogP contribution in [0.1, 0.15) is 36.7 Å². The Morgan fingerprint density at radius 1 is 1.06 bits per heavy atom. The van der Waals surface area contributed by atoms with E-state index in [1.165, 1.54) is 4.68 Å². The van der Waals surface area contributed by atoms with E-state index in [9.17, 15) is 4.79 Å². The van der Waals surface area contributed by atoms with Gasteiger partial charge in [-0.05, 0) is 75.6 Å². The van der Waals surface area contributed by atoms with Gasteiger partial charge >= 0.3 is 0 Å². The molecular formula is C25H19Br2Cl2N3O2. The highest BCUT2D eigenvalue weighted by atomic mass is 79.9. The highest BCUT2D eigenvalue weighted by molar-refractivity contribution is 9.10. The van der Waals surface area contributed by atoms with Gasteiger partial charge < -0.3 is 4.74 Å². The fraction of sp³-hybridized carbons (Fsp3) is 0.160. The lowest BCUT2D eigenvalue weighted by Gasteiger charge is -2.12. The van der Waals surface area contributed by atoms with E-state index in [4.69, 9.17) is 27.9 Å². The Kier molecular flexibility index (Phi) is 7.77. The number of halogens is 4. The lowest BCUT2D eigenvalue weighted by molar-refractivity contribution is 0.304. The first-order valence-corrected chi connectivity index (χ1v) is 12.7. The Morgan fingerprint density at radius 2 is 1.85 bits per heavy atom. The molecule has 4 rings (SSSR count). The Balaban J connectivity index is 1.59. The minimum absolute atomic E-state index is 0.0155. The van der Waals surface area contributed by atoms with Gasteiger partial charge in [0.05, 0.1) is 31.6 Å². The van der Waals surface area contributed by atoms with Crippen molar-refractivity contribution in [3.05, 3.63) is 101 Å². The van der Waals surface area contributed by atoms with Crippen LogP contribution in [0.3, 0.4) is 0 Å². The molecule has 5 nitrogen and oxygen atoms in total. The third-order valence-electron chi connectivity index (χ3n) is 5.01. The maximum absolute atomic E-state index is 13.2. The first-order valence-electron chi connectivity index (χ1n) is 10.4. The fourth-order valence-electron chi connectivity index (χ4n) is 3.28. The molecule has 0 bridgehead atoms. The van der Waals surface area contributed by atoms with Gasteiger partial charge in [-0.15, -0.1) is 0 Å². The molecule has 0 spiro atoms. The molecule has 0 N–H and O–H groups in total. The molecule has 0 unspecified atom stereocenters. The minimum atomic E-state index is -0.216. The molecule has 0 aliphatic rings. The van der Waals surface area contributed by atoms with Crippen LogP contribution in [0, 0.1) is 0 Å². The lowest BCUT2D eigenvalue weighted by atomic mass is 10.2. The van der Waals surface area contributed by atoms with Crippen LogP contribution in [0.5, 0.6) is 5.75 Å². The maximum Gasteiger partial charge on any atom is 0.282 e. The molecule has 9 heteroatoms. The van der Waals surface area contributed by atoms with Crippen molar-refractivity contribution in [1.29, 1.82) is 0 Å². The van der Waals surface area contributed by atoms with Crippen molar-refractivity contribution in [2.45, 2.75) is 26.4 Å². The molecule has 0 saturated carbocycles. The van der Waals surface area contributed by atoms with Crippen LogP contribution in [0.2, 0.25) is 10.0 Å². The second-order valence-corrected chi connectivity index (χ2v) is 10.5. The average Bonchev–Trinajstić information content (AvgIpc) is 2.80. The van der Waals surface area contributed by atoms with Gasteiger partial charge in [0.25, 0.3) is 5.56 Å². The number of nitrogens with zero attached hydrogens (tertiary/aromatic N) is 3. The predicted octanol–water partition coefficient (Wildman–Crippen LogP) is 7.81. The summed E-state index contributed by atoms with van der Waals surface area (Å²) in [6, 6.07) is 16.4. The van der Waals surface area contributed by atoms with Gasteiger partial charge in [0, 0.05) is 10.4 Å². The van der Waals surface area contributed by atoms with Crippen molar-refractivity contribution < 1.29 is 4.74 Å². The third kappa shape index (κ3) is 5.54. The number of hydrogen-bond donors (Lipinski definition) is 0. The number of benzene rings is 3. The quantitative estimate of drug-likeness (QED) is 0.206. The highest BCUT2D eigenvalue weighted by Gasteiger charge is 2.14. The Hall–Kier alpha value is -2.19. The zero-order chi connectivity index (χ0) is 24.4. The van der Waals surface area contributed by atoms with Gasteiger partial charge in [-0.25, -0.2) is 4.98 Å². The monoisotopic (exact) mass is 621 g/mol. The summed E-state index contributed by atoms with van der Waals surface area (Å²) in [5.41, 5.74) is 2.13. The van der Waals surface area contributed by atoms with Crippen molar-refractivity contribution in [3.8, 4) is 5.75 Å². The smallest absolute Gasteiger partial charge is 0.282 e. The molecule has 34 heavy (non-hydrogen) atoms. The Labute approximate surface area is 223 Å². The largest absolute Gasteiger partial charge is 0.488 e. The number of aromatic nitrogens is 2.